The highest BCUT2D eigenvalue weighted by molar-refractivity contribution is 5.34. The molecular formula is C14H20N2O4. The molecule has 1 heterocycles. The van der Waals surface area contributed by atoms with E-state index in [1.54, 1.807) is 12.1 Å². The molecule has 0 aliphatic carbocycles. The number of hydrogen-bond donors (Lipinski definition) is 2. The van der Waals surface area contributed by atoms with Crippen LogP contribution in [0.5, 0.6) is 0 Å². The molecule has 1 aromatic carbocycles. The Kier molecular flexibility index (Phi) is 5.05. The van der Waals surface area contributed by atoms with E-state index in [-0.39, 0.29) is 18.3 Å². The van der Waals surface area contributed by atoms with Gasteiger partial charge in [-0.2, -0.15) is 0 Å². The maximum Gasteiger partial charge on any atom is 0.269 e. The van der Waals surface area contributed by atoms with E-state index in [1.807, 2.05) is 0 Å². The molecule has 0 aromatic heterocycles. The number of nitro groups is 1. The number of hydrogen-bond acceptors (Lipinski definition) is 5. The van der Waals surface area contributed by atoms with Crippen LogP contribution in [0.25, 0.3) is 0 Å². The summed E-state index contributed by atoms with van der Waals surface area (Å²) < 4.78 is 0. The van der Waals surface area contributed by atoms with Crippen molar-refractivity contribution < 1.29 is 15.1 Å². The first-order valence-corrected chi connectivity index (χ1v) is 6.91. The highest BCUT2D eigenvalue weighted by Gasteiger charge is 2.27. The topological polar surface area (TPSA) is 86.8 Å². The van der Waals surface area contributed by atoms with E-state index >= 15 is 0 Å². The maximum atomic E-state index is 10.6. The van der Waals surface area contributed by atoms with Crippen LogP contribution in [0.1, 0.15) is 30.9 Å². The van der Waals surface area contributed by atoms with Crippen molar-refractivity contribution in [1.82, 2.24) is 4.90 Å². The van der Waals surface area contributed by atoms with E-state index in [1.165, 1.54) is 18.6 Å². The van der Waals surface area contributed by atoms with Crippen molar-refractivity contribution in [3.8, 4) is 0 Å². The number of non-ortho nitro benzene ring substituents is 1. The maximum absolute atomic E-state index is 10.6. The van der Waals surface area contributed by atoms with Crippen molar-refractivity contribution >= 4 is 5.69 Å². The van der Waals surface area contributed by atoms with Gasteiger partial charge in [0, 0.05) is 12.1 Å². The van der Waals surface area contributed by atoms with Gasteiger partial charge in [0.15, 0.2) is 0 Å². The zero-order valence-electron chi connectivity index (χ0n) is 11.3. The zero-order chi connectivity index (χ0) is 14.5. The van der Waals surface area contributed by atoms with Crippen molar-refractivity contribution in [2.45, 2.75) is 31.4 Å². The largest absolute Gasteiger partial charge is 0.395 e. The summed E-state index contributed by atoms with van der Waals surface area (Å²) in [5.41, 5.74) is 0.597. The lowest BCUT2D eigenvalue weighted by atomic mass is 9.99. The van der Waals surface area contributed by atoms with Crippen molar-refractivity contribution in [2.75, 3.05) is 19.7 Å². The predicted octanol–water partition coefficient (Wildman–Crippen LogP) is 1.47. The number of nitrogens with zero attached hydrogens (tertiary/aromatic N) is 2. The normalized spacial score (nSPS) is 19.5. The first-order valence-electron chi connectivity index (χ1n) is 6.91. The number of aliphatic hydroxyl groups is 2. The number of aliphatic hydroxyl groups excluding tert-OH is 2. The van der Waals surface area contributed by atoms with E-state index < -0.39 is 11.0 Å². The molecule has 6 nitrogen and oxygen atoms in total. The number of benzene rings is 1. The molecule has 1 saturated heterocycles. The third kappa shape index (κ3) is 3.33. The average molecular weight is 280 g/mol. The fourth-order valence-corrected chi connectivity index (χ4v) is 2.68. The second kappa shape index (κ2) is 6.78. The summed E-state index contributed by atoms with van der Waals surface area (Å²) in [6.07, 6.45) is 2.49. The van der Waals surface area contributed by atoms with Gasteiger partial charge in [-0.25, -0.2) is 0 Å². The molecule has 1 aromatic rings. The molecule has 0 bridgehead atoms. The summed E-state index contributed by atoms with van der Waals surface area (Å²) >= 11 is 0. The molecule has 0 spiro atoms. The Hall–Kier alpha value is -1.50. The van der Waals surface area contributed by atoms with E-state index in [0.29, 0.717) is 5.56 Å². The highest BCUT2D eigenvalue weighted by Crippen LogP contribution is 2.25. The molecule has 2 N–H and O–H groups in total. The number of rotatable bonds is 5. The molecule has 0 unspecified atom stereocenters. The summed E-state index contributed by atoms with van der Waals surface area (Å²) in [6.45, 7) is 1.61. The molecule has 110 valence electrons. The molecule has 1 aliphatic heterocycles. The van der Waals surface area contributed by atoms with Gasteiger partial charge in [0.1, 0.15) is 0 Å². The number of nitro benzene ring substituents is 1. The first kappa shape index (κ1) is 14.9. The van der Waals surface area contributed by atoms with Crippen molar-refractivity contribution in [2.24, 2.45) is 0 Å². The van der Waals surface area contributed by atoms with Crippen LogP contribution < -0.4 is 0 Å². The van der Waals surface area contributed by atoms with Crippen LogP contribution in [0.4, 0.5) is 5.69 Å². The van der Waals surface area contributed by atoms with Crippen LogP contribution in [0.2, 0.25) is 0 Å². The standard InChI is InChI=1S/C14H20N2O4/c17-10-13(15-8-2-1-3-9-15)14(18)11-4-6-12(7-5-11)16(19)20/h4-7,13-14,17-18H,1-3,8-10H2/t13-,14+/m1/s1. The van der Waals surface area contributed by atoms with Gasteiger partial charge in [0.05, 0.1) is 23.7 Å². The summed E-state index contributed by atoms with van der Waals surface area (Å²) in [5.74, 6) is 0. The quantitative estimate of drug-likeness (QED) is 0.630. The Morgan fingerprint density at radius 3 is 2.30 bits per heavy atom. The third-order valence-electron chi connectivity index (χ3n) is 3.86. The van der Waals surface area contributed by atoms with Crippen LogP contribution in [0, 0.1) is 10.1 Å². The van der Waals surface area contributed by atoms with E-state index in [9.17, 15) is 20.3 Å². The molecule has 0 saturated carbocycles. The minimum Gasteiger partial charge on any atom is -0.395 e. The fourth-order valence-electron chi connectivity index (χ4n) is 2.68. The lowest BCUT2D eigenvalue weighted by molar-refractivity contribution is -0.384. The smallest absolute Gasteiger partial charge is 0.269 e. The molecule has 1 aliphatic rings. The van der Waals surface area contributed by atoms with Crippen molar-refractivity contribution in [3.05, 3.63) is 39.9 Å². The van der Waals surface area contributed by atoms with Gasteiger partial charge in [-0.1, -0.05) is 6.42 Å². The van der Waals surface area contributed by atoms with E-state index in [4.69, 9.17) is 0 Å². The Bertz CT molecular complexity index is 443. The van der Waals surface area contributed by atoms with Crippen LogP contribution in [0.3, 0.4) is 0 Å². The molecular weight excluding hydrogens is 260 g/mol. The van der Waals surface area contributed by atoms with Gasteiger partial charge in [-0.3, -0.25) is 15.0 Å². The summed E-state index contributed by atoms with van der Waals surface area (Å²) in [4.78, 5) is 12.2. The highest BCUT2D eigenvalue weighted by atomic mass is 16.6. The Morgan fingerprint density at radius 2 is 1.80 bits per heavy atom. The SMILES string of the molecule is O=[N+]([O-])c1ccc([C@H](O)[C@@H](CO)N2CCCCC2)cc1. The lowest BCUT2D eigenvalue weighted by Crippen LogP contribution is -2.45. The minimum atomic E-state index is -0.834. The van der Waals surface area contributed by atoms with Gasteiger partial charge < -0.3 is 10.2 Å². The lowest BCUT2D eigenvalue weighted by Gasteiger charge is -2.36. The van der Waals surface area contributed by atoms with Crippen LogP contribution in [-0.2, 0) is 0 Å². The van der Waals surface area contributed by atoms with E-state index in [0.717, 1.165) is 25.9 Å². The van der Waals surface area contributed by atoms with Gasteiger partial charge in [0.25, 0.3) is 5.69 Å². The molecule has 0 radical (unpaired) electrons. The predicted molar refractivity (Wildman–Crippen MR) is 74.4 cm³/mol. The second-order valence-electron chi connectivity index (χ2n) is 5.14. The summed E-state index contributed by atoms with van der Waals surface area (Å²) in [6, 6.07) is 5.51. The monoisotopic (exact) mass is 280 g/mol. The summed E-state index contributed by atoms with van der Waals surface area (Å²) in [5, 5.41) is 30.5. The first-order chi connectivity index (χ1) is 9.63. The van der Waals surface area contributed by atoms with Crippen molar-refractivity contribution in [3.63, 3.8) is 0 Å². The van der Waals surface area contributed by atoms with Crippen LogP contribution in [-0.4, -0.2) is 45.8 Å². The van der Waals surface area contributed by atoms with Crippen LogP contribution in [0.15, 0.2) is 24.3 Å². The van der Waals surface area contributed by atoms with Crippen LogP contribution >= 0.6 is 0 Å². The zero-order valence-corrected chi connectivity index (χ0v) is 11.3. The molecule has 20 heavy (non-hydrogen) atoms. The van der Waals surface area contributed by atoms with Gasteiger partial charge in [0.2, 0.25) is 0 Å². The Labute approximate surface area is 117 Å². The summed E-state index contributed by atoms with van der Waals surface area (Å²) in [7, 11) is 0. The average Bonchev–Trinajstić information content (AvgIpc) is 2.49. The van der Waals surface area contributed by atoms with Gasteiger partial charge in [-0.05, 0) is 43.6 Å². The molecule has 0 amide bonds. The third-order valence-corrected chi connectivity index (χ3v) is 3.86. The van der Waals surface area contributed by atoms with Gasteiger partial charge in [-0.15, -0.1) is 0 Å². The van der Waals surface area contributed by atoms with Crippen molar-refractivity contribution in [1.29, 1.82) is 0 Å². The fraction of sp³-hybridized carbons (Fsp3) is 0.571. The number of piperidine rings is 1. The molecule has 6 heteroatoms. The molecule has 1 fully saturated rings. The molecule has 2 atom stereocenters. The van der Waals surface area contributed by atoms with Gasteiger partial charge >= 0.3 is 0 Å². The molecule has 2 rings (SSSR count). The minimum absolute atomic E-state index is 0.000490. The Balaban J connectivity index is 2.10. The number of likely N-dealkylation sites (tertiary alicyclic amines) is 1. The second-order valence-corrected chi connectivity index (χ2v) is 5.14. The van der Waals surface area contributed by atoms with E-state index in [2.05, 4.69) is 4.90 Å². The Morgan fingerprint density at radius 1 is 1.20 bits per heavy atom.